The lowest BCUT2D eigenvalue weighted by Gasteiger charge is -2.31. The molecule has 0 radical (unpaired) electrons. The van der Waals surface area contributed by atoms with Gasteiger partial charge < -0.3 is 14.7 Å². The van der Waals surface area contributed by atoms with Gasteiger partial charge in [0.05, 0.1) is 0 Å². The molecule has 0 spiro atoms. The molecule has 0 bridgehead atoms. The molecule has 1 fully saturated rings. The Morgan fingerprint density at radius 1 is 1.21 bits per heavy atom. The van der Waals surface area contributed by atoms with Crippen molar-refractivity contribution in [2.24, 2.45) is 0 Å². The van der Waals surface area contributed by atoms with E-state index in [0.717, 1.165) is 38.6 Å². The Hall–Kier alpha value is -0.120. The van der Waals surface area contributed by atoms with Crippen LogP contribution in [-0.4, -0.2) is 49.5 Å². The third-order valence-corrected chi connectivity index (χ3v) is 2.98. The minimum atomic E-state index is 0.334. The highest BCUT2D eigenvalue weighted by Crippen LogP contribution is 2.13. The van der Waals surface area contributed by atoms with E-state index < -0.39 is 0 Å². The fourth-order valence-electron chi connectivity index (χ4n) is 1.96. The molecule has 1 aliphatic heterocycles. The molecule has 14 heavy (non-hydrogen) atoms. The summed E-state index contributed by atoms with van der Waals surface area (Å²) in [5.41, 5.74) is 0. The van der Waals surface area contributed by atoms with Crippen LogP contribution in [0.2, 0.25) is 0 Å². The molecule has 0 atom stereocenters. The summed E-state index contributed by atoms with van der Waals surface area (Å²) in [5, 5.41) is 8.65. The molecule has 0 aromatic carbocycles. The molecule has 0 unspecified atom stereocenters. The second-order valence-electron chi connectivity index (χ2n) is 4.11. The second kappa shape index (κ2) is 7.21. The van der Waals surface area contributed by atoms with Crippen molar-refractivity contribution >= 4 is 0 Å². The Morgan fingerprint density at radius 2 is 1.93 bits per heavy atom. The maximum Gasteiger partial charge on any atom is 0.0480 e. The van der Waals surface area contributed by atoms with E-state index in [1.807, 2.05) is 0 Å². The summed E-state index contributed by atoms with van der Waals surface area (Å²) >= 11 is 0. The predicted molar refractivity (Wildman–Crippen MR) is 57.4 cm³/mol. The lowest BCUT2D eigenvalue weighted by Crippen LogP contribution is -2.37. The van der Waals surface area contributed by atoms with E-state index in [0.29, 0.717) is 6.61 Å². The summed E-state index contributed by atoms with van der Waals surface area (Å²) in [7, 11) is 2.20. The van der Waals surface area contributed by atoms with Gasteiger partial charge in [0.25, 0.3) is 0 Å². The number of aliphatic hydroxyl groups is 1. The van der Waals surface area contributed by atoms with Gasteiger partial charge in [-0.05, 0) is 45.7 Å². The predicted octanol–water partition coefficient (Wildman–Crippen LogP) is 1.26. The lowest BCUT2D eigenvalue weighted by molar-refractivity contribution is 0.0425. The number of unbranched alkanes of at least 4 members (excludes halogenated alkanes) is 2. The van der Waals surface area contributed by atoms with Gasteiger partial charge in [-0.2, -0.15) is 0 Å². The Balaban J connectivity index is 2.04. The molecule has 84 valence electrons. The maximum atomic E-state index is 8.65. The van der Waals surface area contributed by atoms with Crippen molar-refractivity contribution in [1.82, 2.24) is 4.90 Å². The molecular weight excluding hydrogens is 178 g/mol. The molecule has 0 aromatic rings. The zero-order valence-electron chi connectivity index (χ0n) is 9.24. The van der Waals surface area contributed by atoms with Gasteiger partial charge in [-0.15, -0.1) is 0 Å². The largest absolute Gasteiger partial charge is 0.396 e. The van der Waals surface area contributed by atoms with E-state index in [2.05, 4.69) is 11.9 Å². The molecule has 0 aliphatic carbocycles. The summed E-state index contributed by atoms with van der Waals surface area (Å²) in [5.74, 6) is 0. The number of rotatable bonds is 6. The van der Waals surface area contributed by atoms with E-state index in [4.69, 9.17) is 9.84 Å². The van der Waals surface area contributed by atoms with Gasteiger partial charge in [-0.25, -0.2) is 0 Å². The summed E-state index contributed by atoms with van der Waals surface area (Å²) < 4.78 is 5.33. The molecule has 1 aliphatic rings. The molecule has 3 nitrogen and oxygen atoms in total. The monoisotopic (exact) mass is 201 g/mol. The minimum Gasteiger partial charge on any atom is -0.396 e. The van der Waals surface area contributed by atoms with Crippen molar-refractivity contribution in [3.8, 4) is 0 Å². The van der Waals surface area contributed by atoms with E-state index >= 15 is 0 Å². The Labute approximate surface area is 87.1 Å². The van der Waals surface area contributed by atoms with E-state index in [-0.39, 0.29) is 0 Å². The van der Waals surface area contributed by atoms with Crippen molar-refractivity contribution in [3.05, 3.63) is 0 Å². The van der Waals surface area contributed by atoms with Crippen molar-refractivity contribution in [2.45, 2.75) is 38.1 Å². The number of hydrogen-bond acceptors (Lipinski definition) is 3. The summed E-state index contributed by atoms with van der Waals surface area (Å²) in [6.07, 6.45) is 5.65. The highest BCUT2D eigenvalue weighted by atomic mass is 16.5. The molecule has 0 saturated carbocycles. The van der Waals surface area contributed by atoms with Crippen molar-refractivity contribution in [1.29, 1.82) is 0 Å². The van der Waals surface area contributed by atoms with Gasteiger partial charge >= 0.3 is 0 Å². The Bertz CT molecular complexity index is 135. The standard InChI is InChI=1S/C11H23NO2/c1-12(7-3-2-4-8-13)11-5-9-14-10-6-11/h11,13H,2-10H2,1H3. The van der Waals surface area contributed by atoms with Crippen LogP contribution in [0.5, 0.6) is 0 Å². The zero-order valence-corrected chi connectivity index (χ0v) is 9.24. The molecule has 3 heteroatoms. The summed E-state index contributed by atoms with van der Waals surface area (Å²) in [6, 6.07) is 0.720. The van der Waals surface area contributed by atoms with Crippen LogP contribution in [0.1, 0.15) is 32.1 Å². The minimum absolute atomic E-state index is 0.334. The zero-order chi connectivity index (χ0) is 10.2. The number of ether oxygens (including phenoxy) is 1. The van der Waals surface area contributed by atoms with Crippen LogP contribution in [0.3, 0.4) is 0 Å². The van der Waals surface area contributed by atoms with Gasteiger partial charge in [-0.3, -0.25) is 0 Å². The molecule has 1 heterocycles. The number of nitrogens with zero attached hydrogens (tertiary/aromatic N) is 1. The molecule has 1 rings (SSSR count). The summed E-state index contributed by atoms with van der Waals surface area (Å²) in [4.78, 5) is 2.44. The van der Waals surface area contributed by atoms with E-state index in [1.54, 1.807) is 0 Å². The third kappa shape index (κ3) is 4.40. The highest BCUT2D eigenvalue weighted by molar-refractivity contribution is 4.71. The quantitative estimate of drug-likeness (QED) is 0.657. The lowest BCUT2D eigenvalue weighted by atomic mass is 10.1. The van der Waals surface area contributed by atoms with Crippen molar-refractivity contribution in [2.75, 3.05) is 33.4 Å². The fourth-order valence-corrected chi connectivity index (χ4v) is 1.96. The van der Waals surface area contributed by atoms with Crippen LogP contribution in [0.4, 0.5) is 0 Å². The van der Waals surface area contributed by atoms with Crippen molar-refractivity contribution in [3.63, 3.8) is 0 Å². The normalized spacial score (nSPS) is 19.1. The molecular formula is C11H23NO2. The Morgan fingerprint density at radius 3 is 2.57 bits per heavy atom. The first-order valence-corrected chi connectivity index (χ1v) is 5.73. The van der Waals surface area contributed by atoms with Gasteiger partial charge in [0, 0.05) is 25.9 Å². The maximum absolute atomic E-state index is 8.65. The van der Waals surface area contributed by atoms with E-state index in [1.165, 1.54) is 19.3 Å². The SMILES string of the molecule is CN(CCCCCO)C1CCOCC1. The smallest absolute Gasteiger partial charge is 0.0480 e. The van der Waals surface area contributed by atoms with Crippen LogP contribution in [0, 0.1) is 0 Å². The Kier molecular flexibility index (Phi) is 6.15. The average Bonchev–Trinajstić information content (AvgIpc) is 2.25. The number of aliphatic hydroxyl groups excluding tert-OH is 1. The van der Waals surface area contributed by atoms with Crippen LogP contribution in [-0.2, 0) is 4.74 Å². The molecule has 1 saturated heterocycles. The first-order chi connectivity index (χ1) is 6.84. The van der Waals surface area contributed by atoms with Crippen molar-refractivity contribution < 1.29 is 9.84 Å². The van der Waals surface area contributed by atoms with Crippen LogP contribution >= 0.6 is 0 Å². The highest BCUT2D eigenvalue weighted by Gasteiger charge is 2.17. The summed E-state index contributed by atoms with van der Waals surface area (Å²) in [6.45, 7) is 3.34. The van der Waals surface area contributed by atoms with Gasteiger partial charge in [0.15, 0.2) is 0 Å². The van der Waals surface area contributed by atoms with E-state index in [9.17, 15) is 0 Å². The number of hydrogen-bond donors (Lipinski definition) is 1. The van der Waals surface area contributed by atoms with Crippen LogP contribution in [0.15, 0.2) is 0 Å². The van der Waals surface area contributed by atoms with Gasteiger partial charge in [-0.1, -0.05) is 0 Å². The third-order valence-electron chi connectivity index (χ3n) is 2.98. The van der Waals surface area contributed by atoms with Crippen LogP contribution in [0.25, 0.3) is 0 Å². The van der Waals surface area contributed by atoms with Crippen LogP contribution < -0.4 is 0 Å². The molecule has 0 amide bonds. The molecule has 0 aromatic heterocycles. The average molecular weight is 201 g/mol. The fraction of sp³-hybridized carbons (Fsp3) is 1.00. The first kappa shape index (κ1) is 12.0. The van der Waals surface area contributed by atoms with Gasteiger partial charge in [0.2, 0.25) is 0 Å². The topological polar surface area (TPSA) is 32.7 Å². The van der Waals surface area contributed by atoms with Gasteiger partial charge in [0.1, 0.15) is 0 Å². The second-order valence-corrected chi connectivity index (χ2v) is 4.11. The first-order valence-electron chi connectivity index (χ1n) is 5.73. The molecule has 1 N–H and O–H groups in total.